The first-order chi connectivity index (χ1) is 33.6. The molecule has 0 spiro atoms. The Morgan fingerprint density at radius 3 is 1.93 bits per heavy atom. The smallest absolute Gasteiger partial charge is 0.264 e. The molecular formula is C63H51BN4OS. The minimum atomic E-state index is -0.158. The van der Waals surface area contributed by atoms with E-state index in [-0.39, 0.29) is 23.0 Å². The highest BCUT2D eigenvalue weighted by atomic mass is 32.1. The van der Waals surface area contributed by atoms with E-state index >= 15 is 0 Å². The lowest BCUT2D eigenvalue weighted by Crippen LogP contribution is -2.61. The molecule has 6 heterocycles. The van der Waals surface area contributed by atoms with Crippen LogP contribution in [0.15, 0.2) is 150 Å². The normalized spacial score (nSPS) is 14.0. The fraction of sp³-hybridized carbons (Fsp3) is 0.190. The molecule has 70 heavy (non-hydrogen) atoms. The van der Waals surface area contributed by atoms with Gasteiger partial charge >= 0.3 is 0 Å². The molecule has 7 heteroatoms. The molecule has 5 nitrogen and oxygen atoms in total. The van der Waals surface area contributed by atoms with Crippen LogP contribution in [0.4, 0.5) is 34.1 Å². The monoisotopic (exact) mass is 922 g/mol. The zero-order chi connectivity index (χ0) is 47.9. The molecule has 0 unspecified atom stereocenters. The summed E-state index contributed by atoms with van der Waals surface area (Å²) in [7, 11) is 0. The predicted octanol–water partition coefficient (Wildman–Crippen LogP) is 15.7. The SMILES string of the molecule is CC(C)(C)c1cc2c3c(c1)-n1c4ccc(C(C)(C)C)cc4c4cc(C(C)(C)C)cc(c41)N3c1cc(C#N)cc3c1B2c1sc2ccc(-c4ccccc4)cc2c1N3c1cccc2oc3ccccc3c12. The van der Waals surface area contributed by atoms with E-state index in [0.717, 1.165) is 50.4 Å². The summed E-state index contributed by atoms with van der Waals surface area (Å²) in [5.74, 6) is 0. The molecule has 14 rings (SSSR count). The van der Waals surface area contributed by atoms with Gasteiger partial charge in [-0.05, 0) is 128 Å². The summed E-state index contributed by atoms with van der Waals surface area (Å²) in [5, 5.41) is 17.1. The Morgan fingerprint density at radius 2 is 1.19 bits per heavy atom. The minimum Gasteiger partial charge on any atom is -0.456 e. The number of nitriles is 1. The van der Waals surface area contributed by atoms with Crippen LogP contribution in [0.1, 0.15) is 84.6 Å². The summed E-state index contributed by atoms with van der Waals surface area (Å²) in [4.78, 5) is 5.06. The Kier molecular flexibility index (Phi) is 8.19. The summed E-state index contributed by atoms with van der Waals surface area (Å²) < 4.78 is 11.7. The van der Waals surface area contributed by atoms with E-state index < -0.39 is 0 Å². The first-order valence-corrected chi connectivity index (χ1v) is 25.4. The zero-order valence-corrected chi connectivity index (χ0v) is 41.9. The first kappa shape index (κ1) is 41.4. The minimum absolute atomic E-state index is 0.0268. The van der Waals surface area contributed by atoms with E-state index in [0.29, 0.717) is 5.56 Å². The van der Waals surface area contributed by atoms with Crippen molar-refractivity contribution >= 4 is 122 Å². The van der Waals surface area contributed by atoms with Crippen molar-refractivity contribution in [1.29, 1.82) is 5.26 Å². The number of hydrogen-bond donors (Lipinski definition) is 0. The van der Waals surface area contributed by atoms with Gasteiger partial charge in [-0.15, -0.1) is 11.3 Å². The van der Waals surface area contributed by atoms with Gasteiger partial charge < -0.3 is 18.8 Å². The lowest BCUT2D eigenvalue weighted by atomic mass is 9.35. The number of rotatable bonds is 2. The maximum Gasteiger partial charge on any atom is 0.264 e. The van der Waals surface area contributed by atoms with Gasteiger partial charge in [0, 0.05) is 42.4 Å². The number of thiophene rings is 1. The molecule has 11 aromatic rings. The Bertz CT molecular complexity index is 4160. The van der Waals surface area contributed by atoms with Gasteiger partial charge in [-0.1, -0.05) is 135 Å². The Morgan fingerprint density at radius 1 is 0.514 bits per heavy atom. The fourth-order valence-electron chi connectivity index (χ4n) is 12.0. The number of furan rings is 1. The van der Waals surface area contributed by atoms with E-state index in [1.54, 1.807) is 0 Å². The van der Waals surface area contributed by atoms with Crippen LogP contribution in [0, 0.1) is 11.3 Å². The van der Waals surface area contributed by atoms with Crippen LogP contribution < -0.4 is 25.5 Å². The van der Waals surface area contributed by atoms with Crippen LogP contribution in [0.3, 0.4) is 0 Å². The highest BCUT2D eigenvalue weighted by Crippen LogP contribution is 2.56. The highest BCUT2D eigenvalue weighted by molar-refractivity contribution is 7.33. The van der Waals surface area contributed by atoms with Crippen LogP contribution in [-0.4, -0.2) is 11.3 Å². The van der Waals surface area contributed by atoms with Crippen molar-refractivity contribution in [3.05, 3.63) is 168 Å². The number of hydrogen-bond acceptors (Lipinski definition) is 5. The van der Waals surface area contributed by atoms with Crippen LogP contribution in [-0.2, 0) is 16.2 Å². The third-order valence-electron chi connectivity index (χ3n) is 15.5. The second-order valence-corrected chi connectivity index (χ2v) is 24.0. The number of para-hydroxylation sites is 1. The number of benzene rings is 8. The Balaban J connectivity index is 1.18. The molecule has 338 valence electrons. The summed E-state index contributed by atoms with van der Waals surface area (Å²) in [6.45, 7) is 20.8. The van der Waals surface area contributed by atoms with Gasteiger partial charge in [0.2, 0.25) is 0 Å². The summed E-state index contributed by atoms with van der Waals surface area (Å²) in [6.07, 6.45) is 0. The van der Waals surface area contributed by atoms with Gasteiger partial charge in [0.1, 0.15) is 11.2 Å². The lowest BCUT2D eigenvalue weighted by molar-refractivity contribution is 0.590. The molecule has 8 aromatic carbocycles. The second kappa shape index (κ2) is 13.8. The summed E-state index contributed by atoms with van der Waals surface area (Å²) in [5.41, 5.74) is 20.9. The van der Waals surface area contributed by atoms with Gasteiger partial charge in [0.25, 0.3) is 6.71 Å². The number of nitrogens with zero attached hydrogens (tertiary/aromatic N) is 4. The Labute approximate surface area is 412 Å². The van der Waals surface area contributed by atoms with Crippen molar-refractivity contribution in [2.45, 2.75) is 78.6 Å². The van der Waals surface area contributed by atoms with E-state index in [2.05, 4.69) is 222 Å². The van der Waals surface area contributed by atoms with E-state index in [4.69, 9.17) is 4.42 Å². The third kappa shape index (κ3) is 5.60. The maximum absolute atomic E-state index is 11.3. The molecule has 0 saturated heterocycles. The lowest BCUT2D eigenvalue weighted by Gasteiger charge is -2.46. The first-order valence-electron chi connectivity index (χ1n) is 24.6. The van der Waals surface area contributed by atoms with Crippen LogP contribution in [0.5, 0.6) is 0 Å². The van der Waals surface area contributed by atoms with Crippen molar-refractivity contribution in [1.82, 2.24) is 4.57 Å². The van der Waals surface area contributed by atoms with Crippen molar-refractivity contribution in [3.63, 3.8) is 0 Å². The van der Waals surface area contributed by atoms with Crippen molar-refractivity contribution in [2.75, 3.05) is 9.80 Å². The molecule has 0 bridgehead atoms. The van der Waals surface area contributed by atoms with E-state index in [9.17, 15) is 5.26 Å². The molecular weight excluding hydrogens is 872 g/mol. The molecule has 3 aliphatic rings. The molecule has 3 aliphatic heterocycles. The molecule has 0 amide bonds. The maximum atomic E-state index is 11.3. The molecule has 0 radical (unpaired) electrons. The van der Waals surface area contributed by atoms with E-state index in [1.807, 2.05) is 17.4 Å². The quantitative estimate of drug-likeness (QED) is 0.162. The average Bonchev–Trinajstić information content (AvgIpc) is 4.02. The average molecular weight is 923 g/mol. The molecule has 0 N–H and O–H groups in total. The summed E-state index contributed by atoms with van der Waals surface area (Å²) >= 11 is 1.91. The van der Waals surface area contributed by atoms with E-state index in [1.165, 1.54) is 86.8 Å². The van der Waals surface area contributed by atoms with Crippen LogP contribution in [0.25, 0.3) is 70.6 Å². The molecule has 0 fully saturated rings. The van der Waals surface area contributed by atoms with Crippen LogP contribution in [0.2, 0.25) is 0 Å². The fourth-order valence-corrected chi connectivity index (χ4v) is 13.3. The second-order valence-electron chi connectivity index (χ2n) is 22.9. The van der Waals surface area contributed by atoms with Gasteiger partial charge in [-0.2, -0.15) is 5.26 Å². The Hall–Kier alpha value is -7.53. The van der Waals surface area contributed by atoms with Gasteiger partial charge in [0.05, 0.1) is 56.5 Å². The topological polar surface area (TPSA) is 48.3 Å². The molecule has 0 atom stereocenters. The van der Waals surface area contributed by atoms with Gasteiger partial charge in [-0.25, -0.2) is 0 Å². The molecule has 3 aromatic heterocycles. The number of anilines is 6. The van der Waals surface area contributed by atoms with Crippen molar-refractivity contribution in [2.24, 2.45) is 0 Å². The van der Waals surface area contributed by atoms with Gasteiger partial charge in [0.15, 0.2) is 0 Å². The number of aromatic nitrogens is 1. The predicted molar refractivity (Wildman–Crippen MR) is 297 cm³/mol. The van der Waals surface area contributed by atoms with Gasteiger partial charge in [-0.3, -0.25) is 0 Å². The third-order valence-corrected chi connectivity index (χ3v) is 16.7. The summed E-state index contributed by atoms with van der Waals surface area (Å²) in [6, 6.07) is 56.7. The van der Waals surface area contributed by atoms with Crippen LogP contribution >= 0.6 is 11.3 Å². The molecule has 0 saturated carbocycles. The highest BCUT2D eigenvalue weighted by Gasteiger charge is 2.49. The standard InChI is InChI=1S/C63H51BN4OS/c1-61(2,3)38-23-24-46-42(29-38)43-30-39(62(4,5)6)32-50-57(43)66(46)51-33-40(63(7,8)9)31-45-59(51)68(50)49-27-35(34-65)26-48-56(49)64(45)60-58(44-28-37(22-25-54(44)70-60)36-16-11-10-12-17-36)67(48)47-19-15-21-53-55(47)41-18-13-14-20-52(41)69-53/h10-33H,1-9H3. The largest absolute Gasteiger partial charge is 0.456 e. The number of fused-ring (bicyclic) bond motifs is 14. The molecule has 0 aliphatic carbocycles. The van der Waals surface area contributed by atoms with Crippen molar-refractivity contribution in [3.8, 4) is 22.9 Å². The van der Waals surface area contributed by atoms with Crippen molar-refractivity contribution < 1.29 is 4.42 Å². The zero-order valence-electron chi connectivity index (χ0n) is 41.0.